The predicted octanol–water partition coefficient (Wildman–Crippen LogP) is 4.89. The Morgan fingerprint density at radius 3 is 2.38 bits per heavy atom. The van der Waals surface area contributed by atoms with E-state index in [1.165, 1.54) is 67.4 Å². The SMILES string of the molecule is CN(Cc1ccc(N2CCCCC2)cc1)C(=O)c1cccc(S(=O)(=O)Nc2ccccc2F)c1. The fourth-order valence-electron chi connectivity index (χ4n) is 4.07. The van der Waals surface area contributed by atoms with Crippen molar-refractivity contribution in [2.24, 2.45) is 0 Å². The van der Waals surface area contributed by atoms with Crippen LogP contribution in [0.4, 0.5) is 15.8 Å². The Morgan fingerprint density at radius 1 is 0.971 bits per heavy atom. The number of amides is 1. The highest BCUT2D eigenvalue weighted by Crippen LogP contribution is 2.22. The summed E-state index contributed by atoms with van der Waals surface area (Å²) in [6.45, 7) is 2.54. The van der Waals surface area contributed by atoms with Gasteiger partial charge in [0.15, 0.2) is 0 Å². The van der Waals surface area contributed by atoms with E-state index in [4.69, 9.17) is 0 Å². The Hall–Kier alpha value is -3.39. The predicted molar refractivity (Wildman–Crippen MR) is 132 cm³/mol. The molecule has 4 rings (SSSR count). The Labute approximate surface area is 200 Å². The van der Waals surface area contributed by atoms with Gasteiger partial charge < -0.3 is 9.80 Å². The largest absolute Gasteiger partial charge is 0.372 e. The second-order valence-corrected chi connectivity index (χ2v) is 10.2. The van der Waals surface area contributed by atoms with Crippen LogP contribution in [-0.2, 0) is 16.6 Å². The maximum Gasteiger partial charge on any atom is 0.262 e. The molecule has 1 fully saturated rings. The summed E-state index contributed by atoms with van der Waals surface area (Å²) >= 11 is 0. The number of rotatable bonds is 7. The summed E-state index contributed by atoms with van der Waals surface area (Å²) < 4.78 is 41.6. The fraction of sp³-hybridized carbons (Fsp3) is 0.269. The Bertz CT molecular complexity index is 1260. The van der Waals surface area contributed by atoms with Crippen LogP contribution in [0.15, 0.2) is 77.7 Å². The Morgan fingerprint density at radius 2 is 1.68 bits per heavy atom. The molecule has 1 aliphatic heterocycles. The average Bonchev–Trinajstić information content (AvgIpc) is 2.86. The average molecular weight is 482 g/mol. The lowest BCUT2D eigenvalue weighted by molar-refractivity contribution is 0.0785. The summed E-state index contributed by atoms with van der Waals surface area (Å²) in [5.41, 5.74) is 2.27. The summed E-state index contributed by atoms with van der Waals surface area (Å²) in [6.07, 6.45) is 3.70. The van der Waals surface area contributed by atoms with Gasteiger partial charge in [0.1, 0.15) is 5.82 Å². The van der Waals surface area contributed by atoms with Crippen LogP contribution in [0, 0.1) is 5.82 Å². The molecule has 0 aromatic heterocycles. The molecule has 0 atom stereocenters. The van der Waals surface area contributed by atoms with Crippen molar-refractivity contribution in [3.63, 3.8) is 0 Å². The molecule has 6 nitrogen and oxygen atoms in total. The highest BCUT2D eigenvalue weighted by Gasteiger charge is 2.20. The van der Waals surface area contributed by atoms with Crippen molar-refractivity contribution in [2.45, 2.75) is 30.7 Å². The second kappa shape index (κ2) is 10.3. The van der Waals surface area contributed by atoms with E-state index >= 15 is 0 Å². The number of sulfonamides is 1. The van der Waals surface area contributed by atoms with Crippen molar-refractivity contribution in [1.29, 1.82) is 0 Å². The lowest BCUT2D eigenvalue weighted by Crippen LogP contribution is -2.29. The fourth-order valence-corrected chi connectivity index (χ4v) is 5.19. The van der Waals surface area contributed by atoms with Gasteiger partial charge in [-0.05, 0) is 67.3 Å². The molecule has 0 unspecified atom stereocenters. The summed E-state index contributed by atoms with van der Waals surface area (Å²) in [5.74, 6) is -0.979. The monoisotopic (exact) mass is 481 g/mol. The standard InChI is InChI=1S/C26H28FN3O3S/c1-29(19-20-12-14-22(15-13-20)30-16-5-2-6-17-30)26(31)21-8-7-9-23(18-21)34(32,33)28-25-11-4-3-10-24(25)27/h3-4,7-15,18,28H,2,5-6,16-17,19H2,1H3. The smallest absolute Gasteiger partial charge is 0.262 e. The number of halogens is 1. The van der Waals surface area contributed by atoms with E-state index in [9.17, 15) is 17.6 Å². The Kier molecular flexibility index (Phi) is 7.17. The number of piperidine rings is 1. The number of nitrogens with one attached hydrogen (secondary N) is 1. The first-order valence-electron chi connectivity index (χ1n) is 11.3. The van der Waals surface area contributed by atoms with Crippen LogP contribution in [0.25, 0.3) is 0 Å². The van der Waals surface area contributed by atoms with E-state index in [1.54, 1.807) is 18.0 Å². The van der Waals surface area contributed by atoms with Crippen LogP contribution in [0.5, 0.6) is 0 Å². The molecule has 1 aliphatic rings. The van der Waals surface area contributed by atoms with Crippen LogP contribution >= 0.6 is 0 Å². The minimum atomic E-state index is -4.06. The van der Waals surface area contributed by atoms with Crippen molar-refractivity contribution >= 4 is 27.3 Å². The number of carbonyl (C=O) groups excluding carboxylic acids is 1. The number of hydrogen-bond donors (Lipinski definition) is 1. The molecular formula is C26H28FN3O3S. The Balaban J connectivity index is 1.44. The zero-order valence-electron chi connectivity index (χ0n) is 19.1. The first-order valence-corrected chi connectivity index (χ1v) is 12.8. The number of carbonyl (C=O) groups is 1. The summed E-state index contributed by atoms with van der Waals surface area (Å²) in [7, 11) is -2.38. The number of anilines is 2. The molecule has 8 heteroatoms. The molecule has 3 aromatic carbocycles. The minimum absolute atomic E-state index is 0.110. The number of benzene rings is 3. The highest BCUT2D eigenvalue weighted by atomic mass is 32.2. The van der Waals surface area contributed by atoms with Gasteiger partial charge in [-0.25, -0.2) is 12.8 Å². The van der Waals surface area contributed by atoms with Gasteiger partial charge in [0.05, 0.1) is 10.6 Å². The van der Waals surface area contributed by atoms with Gasteiger partial charge >= 0.3 is 0 Å². The van der Waals surface area contributed by atoms with Gasteiger partial charge in [-0.3, -0.25) is 9.52 Å². The molecule has 0 radical (unpaired) electrons. The molecule has 1 heterocycles. The van der Waals surface area contributed by atoms with Gasteiger partial charge in [-0.1, -0.05) is 30.3 Å². The molecule has 0 bridgehead atoms. The highest BCUT2D eigenvalue weighted by molar-refractivity contribution is 7.92. The van der Waals surface area contributed by atoms with Crippen molar-refractivity contribution in [1.82, 2.24) is 4.90 Å². The zero-order chi connectivity index (χ0) is 24.1. The van der Waals surface area contributed by atoms with Crippen LogP contribution < -0.4 is 9.62 Å². The number of para-hydroxylation sites is 1. The molecule has 0 aliphatic carbocycles. The molecule has 0 saturated carbocycles. The third kappa shape index (κ3) is 5.56. The molecule has 0 spiro atoms. The van der Waals surface area contributed by atoms with Crippen molar-refractivity contribution < 1.29 is 17.6 Å². The molecule has 178 valence electrons. The molecule has 3 aromatic rings. The third-order valence-corrected chi connectivity index (χ3v) is 7.30. The van der Waals surface area contributed by atoms with Crippen molar-refractivity contribution in [2.75, 3.05) is 29.8 Å². The van der Waals surface area contributed by atoms with Gasteiger partial charge in [0, 0.05) is 37.9 Å². The van der Waals surface area contributed by atoms with E-state index in [-0.39, 0.29) is 22.1 Å². The van der Waals surface area contributed by atoms with Crippen LogP contribution in [0.3, 0.4) is 0 Å². The van der Waals surface area contributed by atoms with Crippen LogP contribution in [0.1, 0.15) is 35.2 Å². The van der Waals surface area contributed by atoms with Crippen LogP contribution in [-0.4, -0.2) is 39.4 Å². The molecular weight excluding hydrogens is 453 g/mol. The van der Waals surface area contributed by atoms with E-state index in [0.717, 1.165) is 18.7 Å². The molecule has 1 N–H and O–H groups in total. The summed E-state index contributed by atoms with van der Waals surface area (Å²) in [6, 6.07) is 19.5. The van der Waals surface area contributed by atoms with Gasteiger partial charge in [-0.15, -0.1) is 0 Å². The summed E-state index contributed by atoms with van der Waals surface area (Å²) in [4.78, 5) is 16.8. The summed E-state index contributed by atoms with van der Waals surface area (Å²) in [5, 5.41) is 0. The van der Waals surface area contributed by atoms with E-state index < -0.39 is 15.8 Å². The zero-order valence-corrected chi connectivity index (χ0v) is 19.9. The maximum atomic E-state index is 13.9. The minimum Gasteiger partial charge on any atom is -0.372 e. The molecule has 34 heavy (non-hydrogen) atoms. The quantitative estimate of drug-likeness (QED) is 0.522. The second-order valence-electron chi connectivity index (χ2n) is 8.49. The lowest BCUT2D eigenvalue weighted by Gasteiger charge is -2.29. The number of nitrogens with zero attached hydrogens (tertiary/aromatic N) is 2. The van der Waals surface area contributed by atoms with Gasteiger partial charge in [0.25, 0.3) is 15.9 Å². The van der Waals surface area contributed by atoms with E-state index in [0.29, 0.717) is 6.54 Å². The first kappa shape index (κ1) is 23.8. The normalized spacial score (nSPS) is 14.0. The van der Waals surface area contributed by atoms with E-state index in [2.05, 4.69) is 21.8 Å². The topological polar surface area (TPSA) is 69.7 Å². The van der Waals surface area contributed by atoms with Gasteiger partial charge in [0.2, 0.25) is 0 Å². The van der Waals surface area contributed by atoms with Crippen molar-refractivity contribution in [3.8, 4) is 0 Å². The molecule has 1 saturated heterocycles. The molecule has 1 amide bonds. The third-order valence-electron chi connectivity index (χ3n) is 5.93. The van der Waals surface area contributed by atoms with Gasteiger partial charge in [-0.2, -0.15) is 0 Å². The first-order chi connectivity index (χ1) is 16.3. The number of hydrogen-bond acceptors (Lipinski definition) is 4. The van der Waals surface area contributed by atoms with E-state index in [1.807, 2.05) is 12.1 Å². The van der Waals surface area contributed by atoms with Crippen molar-refractivity contribution in [3.05, 3.63) is 89.7 Å². The van der Waals surface area contributed by atoms with Crippen LogP contribution in [0.2, 0.25) is 0 Å². The maximum absolute atomic E-state index is 13.9. The lowest BCUT2D eigenvalue weighted by atomic mass is 10.1.